The van der Waals surface area contributed by atoms with E-state index in [0.29, 0.717) is 23.7 Å². The molecule has 2 aromatic carbocycles. The van der Waals surface area contributed by atoms with Crippen molar-refractivity contribution in [2.75, 3.05) is 6.54 Å². The monoisotopic (exact) mass is 378 g/mol. The zero-order chi connectivity index (χ0) is 19.2. The molecule has 1 aromatic heterocycles. The van der Waals surface area contributed by atoms with Crippen LogP contribution in [0.4, 0.5) is 0 Å². The first-order chi connectivity index (χ1) is 13.1. The molecule has 3 nitrogen and oxygen atoms in total. The average Bonchev–Trinajstić information content (AvgIpc) is 3.10. The summed E-state index contributed by atoms with van der Waals surface area (Å²) < 4.78 is 2.19. The second-order valence-corrected chi connectivity index (χ2v) is 6.97. The van der Waals surface area contributed by atoms with Crippen molar-refractivity contribution in [1.82, 2.24) is 9.47 Å². The third-order valence-corrected chi connectivity index (χ3v) is 4.86. The molecule has 0 spiro atoms. The number of aryl methyl sites for hydroxylation is 1. The predicted octanol–water partition coefficient (Wildman–Crippen LogP) is 5.33. The molecule has 0 saturated carbocycles. The van der Waals surface area contributed by atoms with Gasteiger partial charge in [-0.3, -0.25) is 4.79 Å². The number of rotatable bonds is 7. The lowest BCUT2D eigenvalue weighted by atomic mass is 10.1. The van der Waals surface area contributed by atoms with Gasteiger partial charge in [-0.1, -0.05) is 41.9 Å². The van der Waals surface area contributed by atoms with Crippen LogP contribution in [-0.2, 0) is 13.1 Å². The Hall–Kier alpha value is -2.78. The number of carbonyl (C=O) groups excluding carboxylic acids is 1. The van der Waals surface area contributed by atoms with Gasteiger partial charge in [-0.05, 0) is 54.4 Å². The lowest BCUT2D eigenvalue weighted by Gasteiger charge is -2.22. The van der Waals surface area contributed by atoms with Crippen LogP contribution in [0.1, 0.15) is 27.2 Å². The maximum Gasteiger partial charge on any atom is 0.254 e. The molecule has 27 heavy (non-hydrogen) atoms. The molecule has 4 heteroatoms. The van der Waals surface area contributed by atoms with E-state index in [1.807, 2.05) is 12.1 Å². The molecule has 0 aliphatic carbocycles. The number of benzene rings is 2. The fourth-order valence-electron chi connectivity index (χ4n) is 3.06. The third-order valence-electron chi connectivity index (χ3n) is 4.61. The molecule has 138 valence electrons. The molecule has 0 bridgehead atoms. The van der Waals surface area contributed by atoms with Crippen molar-refractivity contribution in [2.24, 2.45) is 0 Å². The summed E-state index contributed by atoms with van der Waals surface area (Å²) in [6.07, 6.45) is 3.81. The molecule has 3 rings (SSSR count). The van der Waals surface area contributed by atoms with Crippen molar-refractivity contribution in [3.8, 4) is 0 Å². The summed E-state index contributed by atoms with van der Waals surface area (Å²) >= 11 is 5.94. The number of nitrogens with zero attached hydrogens (tertiary/aromatic N) is 2. The van der Waals surface area contributed by atoms with E-state index in [1.165, 1.54) is 11.1 Å². The molecule has 3 aromatic rings. The van der Waals surface area contributed by atoms with E-state index in [1.54, 1.807) is 35.2 Å². The minimum absolute atomic E-state index is 0.0322. The van der Waals surface area contributed by atoms with Crippen LogP contribution >= 0.6 is 11.6 Å². The van der Waals surface area contributed by atoms with Gasteiger partial charge in [-0.2, -0.15) is 0 Å². The molecule has 1 heterocycles. The van der Waals surface area contributed by atoms with Crippen molar-refractivity contribution in [3.05, 3.63) is 107 Å². The minimum Gasteiger partial charge on any atom is -0.345 e. The van der Waals surface area contributed by atoms with Crippen LogP contribution in [0.3, 0.4) is 0 Å². The van der Waals surface area contributed by atoms with Crippen LogP contribution in [0.5, 0.6) is 0 Å². The van der Waals surface area contributed by atoms with Crippen molar-refractivity contribution in [3.63, 3.8) is 0 Å². The summed E-state index contributed by atoms with van der Waals surface area (Å²) in [6, 6.07) is 19.4. The zero-order valence-corrected chi connectivity index (χ0v) is 16.2. The number of carbonyl (C=O) groups is 1. The number of hydrogen-bond donors (Lipinski definition) is 0. The fraction of sp³-hybridized carbons (Fsp3) is 0.174. The quantitative estimate of drug-likeness (QED) is 0.510. The molecule has 0 aliphatic heterocycles. The summed E-state index contributed by atoms with van der Waals surface area (Å²) in [4.78, 5) is 14.7. The Morgan fingerprint density at radius 2 is 1.85 bits per heavy atom. The Morgan fingerprint density at radius 1 is 1.11 bits per heavy atom. The number of hydrogen-bond acceptors (Lipinski definition) is 1. The van der Waals surface area contributed by atoms with Crippen molar-refractivity contribution < 1.29 is 4.79 Å². The third kappa shape index (κ3) is 4.69. The molecule has 1 amide bonds. The van der Waals surface area contributed by atoms with E-state index < -0.39 is 0 Å². The van der Waals surface area contributed by atoms with E-state index >= 15 is 0 Å². The van der Waals surface area contributed by atoms with Crippen LogP contribution < -0.4 is 0 Å². The largest absolute Gasteiger partial charge is 0.345 e. The lowest BCUT2D eigenvalue weighted by Crippen LogP contribution is -2.31. The van der Waals surface area contributed by atoms with Crippen LogP contribution in [-0.4, -0.2) is 21.9 Å². The van der Waals surface area contributed by atoms with Gasteiger partial charge in [-0.15, -0.1) is 6.58 Å². The first-order valence-corrected chi connectivity index (χ1v) is 9.30. The van der Waals surface area contributed by atoms with Gasteiger partial charge in [0.2, 0.25) is 0 Å². The highest BCUT2D eigenvalue weighted by Crippen LogP contribution is 2.16. The lowest BCUT2D eigenvalue weighted by molar-refractivity contribution is 0.0759. The van der Waals surface area contributed by atoms with Crippen LogP contribution in [0.2, 0.25) is 5.02 Å². The van der Waals surface area contributed by atoms with Crippen LogP contribution in [0, 0.1) is 6.92 Å². The molecule has 0 N–H and O–H groups in total. The van der Waals surface area contributed by atoms with Gasteiger partial charge >= 0.3 is 0 Å². The summed E-state index contributed by atoms with van der Waals surface area (Å²) in [5.41, 5.74) is 4.24. The molecule has 0 fully saturated rings. The number of halogens is 1. The zero-order valence-electron chi connectivity index (χ0n) is 15.4. The Kier molecular flexibility index (Phi) is 6.15. The minimum atomic E-state index is -0.0322. The maximum atomic E-state index is 12.9. The first kappa shape index (κ1) is 19.0. The molecule has 0 atom stereocenters. The van der Waals surface area contributed by atoms with Gasteiger partial charge in [0.25, 0.3) is 5.91 Å². The average molecular weight is 379 g/mol. The van der Waals surface area contributed by atoms with Crippen molar-refractivity contribution >= 4 is 17.5 Å². The van der Waals surface area contributed by atoms with Gasteiger partial charge in [-0.25, -0.2) is 0 Å². The second kappa shape index (κ2) is 8.74. The van der Waals surface area contributed by atoms with Crippen LogP contribution in [0.15, 0.2) is 79.5 Å². The second-order valence-electron chi connectivity index (χ2n) is 6.54. The van der Waals surface area contributed by atoms with E-state index in [0.717, 1.165) is 12.2 Å². The Labute approximate surface area is 165 Å². The SMILES string of the molecule is C=CCN(Cc1cccn1Cc1ccccc1C)C(=O)c1ccc(Cl)cc1. The van der Waals surface area contributed by atoms with E-state index in [4.69, 9.17) is 11.6 Å². The molecular formula is C23H23ClN2O. The summed E-state index contributed by atoms with van der Waals surface area (Å²) in [7, 11) is 0. The van der Waals surface area contributed by atoms with E-state index in [9.17, 15) is 4.79 Å². The van der Waals surface area contributed by atoms with E-state index in [-0.39, 0.29) is 5.91 Å². The van der Waals surface area contributed by atoms with Crippen LogP contribution in [0.25, 0.3) is 0 Å². The summed E-state index contributed by atoms with van der Waals surface area (Å²) in [5, 5.41) is 0.619. The molecule has 0 aliphatic rings. The predicted molar refractivity (Wildman–Crippen MR) is 111 cm³/mol. The van der Waals surface area contributed by atoms with Gasteiger partial charge < -0.3 is 9.47 Å². The molecule has 0 radical (unpaired) electrons. The normalized spacial score (nSPS) is 10.6. The fourth-order valence-corrected chi connectivity index (χ4v) is 3.19. The van der Waals surface area contributed by atoms with Gasteiger partial charge in [0.1, 0.15) is 0 Å². The maximum absolute atomic E-state index is 12.9. The smallest absolute Gasteiger partial charge is 0.254 e. The standard InChI is InChI=1S/C23H23ClN2O/c1-3-14-26(23(27)19-10-12-21(24)13-11-19)17-22-9-6-15-25(22)16-20-8-5-4-7-18(20)2/h3-13,15H,1,14,16-17H2,2H3. The number of aromatic nitrogens is 1. The Balaban J connectivity index is 1.80. The Bertz CT molecular complexity index is 928. The summed E-state index contributed by atoms with van der Waals surface area (Å²) in [6.45, 7) is 7.70. The Morgan fingerprint density at radius 3 is 2.56 bits per heavy atom. The molecule has 0 unspecified atom stereocenters. The highest BCUT2D eigenvalue weighted by Gasteiger charge is 2.16. The van der Waals surface area contributed by atoms with E-state index in [2.05, 4.69) is 48.5 Å². The highest BCUT2D eigenvalue weighted by molar-refractivity contribution is 6.30. The molecule has 0 saturated heterocycles. The summed E-state index contributed by atoms with van der Waals surface area (Å²) in [5.74, 6) is -0.0322. The number of amides is 1. The van der Waals surface area contributed by atoms with Gasteiger partial charge in [0, 0.05) is 35.6 Å². The van der Waals surface area contributed by atoms with Crippen molar-refractivity contribution in [2.45, 2.75) is 20.0 Å². The van der Waals surface area contributed by atoms with Gasteiger partial charge in [0.15, 0.2) is 0 Å². The topological polar surface area (TPSA) is 25.2 Å². The first-order valence-electron chi connectivity index (χ1n) is 8.92. The van der Waals surface area contributed by atoms with Gasteiger partial charge in [0.05, 0.1) is 6.54 Å². The molecular weight excluding hydrogens is 356 g/mol. The highest BCUT2D eigenvalue weighted by atomic mass is 35.5. The van der Waals surface area contributed by atoms with Crippen molar-refractivity contribution in [1.29, 1.82) is 0 Å².